The van der Waals surface area contributed by atoms with Crippen LogP contribution in [0.2, 0.25) is 0 Å². The lowest BCUT2D eigenvalue weighted by Crippen LogP contribution is -2.25. The first-order chi connectivity index (χ1) is 19.2. The van der Waals surface area contributed by atoms with Crippen molar-refractivity contribution in [1.82, 2.24) is 19.7 Å². The minimum absolute atomic E-state index is 0.0486. The van der Waals surface area contributed by atoms with Crippen molar-refractivity contribution < 1.29 is 22.4 Å². The maximum atomic E-state index is 13.7. The van der Waals surface area contributed by atoms with Gasteiger partial charge in [0, 0.05) is 41.2 Å². The van der Waals surface area contributed by atoms with Crippen LogP contribution in [0.3, 0.4) is 0 Å². The first kappa shape index (κ1) is 26.8. The maximum Gasteiger partial charge on any atom is 0.307 e. The summed E-state index contributed by atoms with van der Waals surface area (Å²) in [6.45, 7) is 2.16. The molecular formula is C28H25N5O6S. The van der Waals surface area contributed by atoms with E-state index in [1.54, 1.807) is 24.4 Å². The number of nitrogens with one attached hydrogen (secondary N) is 1. The molecule has 0 bridgehead atoms. The molecule has 0 unspecified atom stereocenters. The van der Waals surface area contributed by atoms with E-state index in [-0.39, 0.29) is 29.1 Å². The highest BCUT2D eigenvalue weighted by Gasteiger charge is 2.21. The Balaban J connectivity index is 1.73. The fraction of sp³-hybridized carbons (Fsp3) is 0.179. The van der Waals surface area contributed by atoms with E-state index >= 15 is 0 Å². The van der Waals surface area contributed by atoms with Crippen LogP contribution in [0.5, 0.6) is 0 Å². The summed E-state index contributed by atoms with van der Waals surface area (Å²) in [6.07, 6.45) is 5.60. The van der Waals surface area contributed by atoms with Crippen molar-refractivity contribution in [2.75, 3.05) is 25.2 Å². The van der Waals surface area contributed by atoms with Gasteiger partial charge in [0.2, 0.25) is 0 Å². The molecule has 1 N–H and O–H groups in total. The van der Waals surface area contributed by atoms with Gasteiger partial charge in [0.25, 0.3) is 5.56 Å². The van der Waals surface area contributed by atoms with E-state index in [1.165, 1.54) is 31.8 Å². The number of methoxy groups -OCH3 is 1. The summed E-state index contributed by atoms with van der Waals surface area (Å²) < 4.78 is 36.8. The van der Waals surface area contributed by atoms with E-state index in [0.717, 1.165) is 22.1 Å². The maximum absolute atomic E-state index is 13.7. The number of hydrogen-bond acceptors (Lipinski definition) is 10. The van der Waals surface area contributed by atoms with E-state index in [9.17, 15) is 18.0 Å². The second kappa shape index (κ2) is 10.7. The van der Waals surface area contributed by atoms with Gasteiger partial charge in [0.15, 0.2) is 22.0 Å². The first-order valence-electron chi connectivity index (χ1n) is 12.2. The van der Waals surface area contributed by atoms with Gasteiger partial charge in [-0.2, -0.15) is 9.78 Å². The fourth-order valence-electron chi connectivity index (χ4n) is 4.38. The molecule has 0 spiro atoms. The monoisotopic (exact) mass is 559 g/mol. The normalized spacial score (nSPS) is 11.5. The number of carbonyl (C=O) groups is 1. The summed E-state index contributed by atoms with van der Waals surface area (Å²) in [5, 5.41) is 8.26. The molecule has 5 rings (SSSR count). The number of benzene rings is 2. The summed E-state index contributed by atoms with van der Waals surface area (Å²) in [7, 11) is -2.47. The third-order valence-electron chi connectivity index (χ3n) is 6.20. The average molecular weight is 560 g/mol. The van der Waals surface area contributed by atoms with Gasteiger partial charge in [-0.15, -0.1) is 0 Å². The number of oxazole rings is 1. The minimum atomic E-state index is -3.77. The lowest BCUT2D eigenvalue weighted by atomic mass is 10.0. The third-order valence-corrected chi connectivity index (χ3v) is 7.34. The zero-order valence-electron chi connectivity index (χ0n) is 21.9. The Labute approximate surface area is 229 Å². The van der Waals surface area contributed by atoms with Crippen molar-refractivity contribution >= 4 is 32.4 Å². The fourth-order valence-corrected chi connectivity index (χ4v) is 5.22. The molecule has 0 amide bonds. The summed E-state index contributed by atoms with van der Waals surface area (Å²) in [4.78, 5) is 33.5. The number of pyridine rings is 1. The molecule has 2 aromatic carbocycles. The highest BCUT2D eigenvalue weighted by molar-refractivity contribution is 7.90. The largest absolute Gasteiger partial charge is 0.469 e. The second-order valence-electron chi connectivity index (χ2n) is 9.13. The van der Waals surface area contributed by atoms with Gasteiger partial charge >= 0.3 is 5.97 Å². The van der Waals surface area contributed by atoms with E-state index in [2.05, 4.69) is 20.0 Å². The topological polar surface area (TPSA) is 146 Å². The smallest absolute Gasteiger partial charge is 0.307 e. The number of esters is 1. The van der Waals surface area contributed by atoms with E-state index in [0.29, 0.717) is 28.1 Å². The molecule has 5 aromatic rings. The van der Waals surface area contributed by atoms with Crippen LogP contribution < -0.4 is 10.9 Å². The van der Waals surface area contributed by atoms with Gasteiger partial charge in [0.1, 0.15) is 11.2 Å². The minimum Gasteiger partial charge on any atom is -0.469 e. The number of aryl methyl sites for hydroxylation is 1. The molecule has 204 valence electrons. The predicted octanol–water partition coefficient (Wildman–Crippen LogP) is 3.79. The van der Waals surface area contributed by atoms with Gasteiger partial charge in [-0.3, -0.25) is 14.6 Å². The van der Waals surface area contributed by atoms with Crippen molar-refractivity contribution in [3.8, 4) is 28.3 Å². The molecule has 0 aliphatic heterocycles. The number of hydrogen-bond donors (Lipinski definition) is 1. The van der Waals surface area contributed by atoms with E-state index < -0.39 is 21.4 Å². The van der Waals surface area contributed by atoms with Crippen LogP contribution in [0, 0.1) is 6.92 Å². The zero-order valence-corrected chi connectivity index (χ0v) is 22.7. The number of fused-ring (bicyclic) bond motifs is 1. The molecule has 40 heavy (non-hydrogen) atoms. The highest BCUT2D eigenvalue weighted by atomic mass is 32.2. The molecule has 11 nitrogen and oxygen atoms in total. The van der Waals surface area contributed by atoms with Crippen molar-refractivity contribution in [2.45, 2.75) is 18.2 Å². The van der Waals surface area contributed by atoms with Crippen molar-refractivity contribution in [3.63, 3.8) is 0 Å². The highest BCUT2D eigenvalue weighted by Crippen LogP contribution is 2.31. The number of carbonyl (C=O) groups excluding carboxylic acids is 1. The van der Waals surface area contributed by atoms with Crippen molar-refractivity contribution in [2.24, 2.45) is 0 Å². The van der Waals surface area contributed by atoms with Gasteiger partial charge in [-0.05, 0) is 61.0 Å². The molecule has 0 fully saturated rings. The van der Waals surface area contributed by atoms with Gasteiger partial charge in [0.05, 0.1) is 30.3 Å². The molecular weight excluding hydrogens is 534 g/mol. The molecule has 3 heterocycles. The Morgan fingerprint density at radius 1 is 1.12 bits per heavy atom. The van der Waals surface area contributed by atoms with Crippen LogP contribution in [-0.4, -0.2) is 54.0 Å². The molecule has 0 saturated heterocycles. The van der Waals surface area contributed by atoms with Crippen LogP contribution in [0.1, 0.15) is 12.0 Å². The Morgan fingerprint density at radius 2 is 1.93 bits per heavy atom. The predicted molar refractivity (Wildman–Crippen MR) is 149 cm³/mol. The lowest BCUT2D eigenvalue weighted by Gasteiger charge is -2.16. The van der Waals surface area contributed by atoms with E-state index in [4.69, 9.17) is 9.52 Å². The molecule has 0 radical (unpaired) electrons. The molecule has 0 aliphatic carbocycles. The number of rotatable bonds is 8. The second-order valence-corrected chi connectivity index (χ2v) is 11.1. The van der Waals surface area contributed by atoms with Crippen molar-refractivity contribution in [3.05, 3.63) is 83.2 Å². The summed E-state index contributed by atoms with van der Waals surface area (Å²) >= 11 is 0. The van der Waals surface area contributed by atoms with Gasteiger partial charge in [-0.1, -0.05) is 0 Å². The molecule has 0 atom stereocenters. The van der Waals surface area contributed by atoms with Gasteiger partial charge in [-0.25, -0.2) is 13.4 Å². The van der Waals surface area contributed by atoms with Crippen LogP contribution in [-0.2, 0) is 19.4 Å². The first-order valence-corrected chi connectivity index (χ1v) is 14.1. The van der Waals surface area contributed by atoms with Crippen LogP contribution >= 0.6 is 0 Å². The number of anilines is 1. The average Bonchev–Trinajstić information content (AvgIpc) is 3.48. The summed E-state index contributed by atoms with van der Waals surface area (Å²) in [5.74, 6) is 0.164. The Kier molecular flexibility index (Phi) is 7.18. The number of ether oxygens (including phenoxy) is 1. The Morgan fingerprint density at radius 3 is 2.65 bits per heavy atom. The number of nitrogens with zero attached hydrogens (tertiary/aromatic N) is 4. The Hall–Kier alpha value is -4.84. The van der Waals surface area contributed by atoms with E-state index in [1.807, 2.05) is 25.1 Å². The quantitative estimate of drug-likeness (QED) is 0.279. The number of sulfone groups is 1. The van der Waals surface area contributed by atoms with Crippen LogP contribution in [0.15, 0.2) is 81.4 Å². The third kappa shape index (κ3) is 5.34. The van der Waals surface area contributed by atoms with Gasteiger partial charge < -0.3 is 14.5 Å². The van der Waals surface area contributed by atoms with Crippen LogP contribution in [0.4, 0.5) is 5.69 Å². The lowest BCUT2D eigenvalue weighted by molar-refractivity contribution is -0.140. The molecule has 12 heteroatoms. The summed E-state index contributed by atoms with van der Waals surface area (Å²) in [6, 6.07) is 13.6. The molecule has 0 saturated carbocycles. The zero-order chi connectivity index (χ0) is 28.4. The summed E-state index contributed by atoms with van der Waals surface area (Å²) in [5.41, 5.74) is 2.85. The number of aromatic nitrogens is 4. The SMILES string of the molecule is COC(=O)CCNc1ccc(S(C)(=O)=O)c(-n2nc(-c3cc(C)cc(-c4cnco4)c3)c3cccnc3c2=O)c1. The standard InChI is InChI=1S/C28H25N5O6S/c1-17-11-18(23-15-29-16-39-23)13-19(12-17)26-21-5-4-9-31-27(21)28(35)33(32-26)22-14-20(30-10-8-25(34)38-2)6-7-24(22)40(3,36)37/h4-7,9,11-16,30H,8,10H2,1-3H3. The van der Waals surface area contributed by atoms with Crippen LogP contribution in [0.25, 0.3) is 39.2 Å². The molecule has 0 aliphatic rings. The Bertz CT molecular complexity index is 1900. The van der Waals surface area contributed by atoms with Crippen molar-refractivity contribution in [1.29, 1.82) is 0 Å². The molecule has 3 aromatic heterocycles.